The van der Waals surface area contributed by atoms with E-state index in [1.807, 2.05) is 50.8 Å². The van der Waals surface area contributed by atoms with Crippen LogP contribution in [-0.4, -0.2) is 48.7 Å². The Morgan fingerprint density at radius 1 is 1.26 bits per heavy atom. The molecule has 0 atom stereocenters. The van der Waals surface area contributed by atoms with Gasteiger partial charge in [-0.1, -0.05) is 0 Å². The predicted molar refractivity (Wildman–Crippen MR) is 106 cm³/mol. The van der Waals surface area contributed by atoms with Crippen LogP contribution in [0.3, 0.4) is 0 Å². The molecule has 1 aliphatic carbocycles. The number of benzene rings is 1. The second kappa shape index (κ2) is 7.06. The van der Waals surface area contributed by atoms with Gasteiger partial charge >= 0.3 is 6.09 Å². The fourth-order valence-electron chi connectivity index (χ4n) is 4.22. The number of hydrogen-bond acceptors (Lipinski definition) is 4. The Hall–Kier alpha value is -2.24. The highest BCUT2D eigenvalue weighted by Crippen LogP contribution is 2.49. The van der Waals surface area contributed by atoms with Crippen molar-refractivity contribution >= 4 is 17.7 Å². The highest BCUT2D eigenvalue weighted by atomic mass is 16.6. The zero-order valence-electron chi connectivity index (χ0n) is 17.0. The van der Waals surface area contributed by atoms with Gasteiger partial charge in [-0.05, 0) is 76.1 Å². The van der Waals surface area contributed by atoms with Gasteiger partial charge in [0.05, 0.1) is 0 Å². The monoisotopic (exact) mass is 373 g/mol. The summed E-state index contributed by atoms with van der Waals surface area (Å²) < 4.78 is 5.50. The van der Waals surface area contributed by atoms with Gasteiger partial charge in [0.2, 0.25) is 0 Å². The molecule has 148 valence electrons. The molecule has 6 nitrogen and oxygen atoms in total. The number of nitrogens with one attached hydrogen (secondary N) is 2. The van der Waals surface area contributed by atoms with Crippen molar-refractivity contribution < 1.29 is 14.3 Å². The highest BCUT2D eigenvalue weighted by molar-refractivity contribution is 5.95. The van der Waals surface area contributed by atoms with E-state index in [0.29, 0.717) is 11.6 Å². The van der Waals surface area contributed by atoms with Crippen molar-refractivity contribution in [3.8, 4) is 0 Å². The smallest absolute Gasteiger partial charge is 0.410 e. The van der Waals surface area contributed by atoms with Crippen LogP contribution in [0.25, 0.3) is 0 Å². The van der Waals surface area contributed by atoms with Crippen molar-refractivity contribution in [3.63, 3.8) is 0 Å². The van der Waals surface area contributed by atoms with Gasteiger partial charge in [0.25, 0.3) is 5.91 Å². The van der Waals surface area contributed by atoms with E-state index in [-0.39, 0.29) is 17.4 Å². The number of aryl methyl sites for hydroxylation is 1. The van der Waals surface area contributed by atoms with E-state index >= 15 is 0 Å². The van der Waals surface area contributed by atoms with Gasteiger partial charge in [0, 0.05) is 37.4 Å². The van der Waals surface area contributed by atoms with Crippen molar-refractivity contribution in [3.05, 3.63) is 29.3 Å². The van der Waals surface area contributed by atoms with E-state index < -0.39 is 5.60 Å². The van der Waals surface area contributed by atoms with E-state index in [1.54, 1.807) is 7.05 Å². The number of ether oxygens (including phenoxy) is 1. The molecule has 2 aliphatic rings. The molecule has 0 aromatic heterocycles. The molecule has 1 aromatic carbocycles. The van der Waals surface area contributed by atoms with Crippen LogP contribution < -0.4 is 10.6 Å². The summed E-state index contributed by atoms with van der Waals surface area (Å²) in [4.78, 5) is 25.9. The first-order chi connectivity index (χ1) is 12.6. The maximum atomic E-state index is 12.3. The van der Waals surface area contributed by atoms with Gasteiger partial charge < -0.3 is 20.3 Å². The van der Waals surface area contributed by atoms with Crippen LogP contribution in [-0.2, 0) is 4.74 Å². The van der Waals surface area contributed by atoms with E-state index in [1.165, 1.54) is 0 Å². The number of carbonyl (C=O) groups excluding carboxylic acids is 2. The highest BCUT2D eigenvalue weighted by Gasteiger charge is 2.50. The normalized spacial score (nSPS) is 24.5. The first-order valence-corrected chi connectivity index (χ1v) is 9.68. The maximum Gasteiger partial charge on any atom is 0.410 e. The minimum Gasteiger partial charge on any atom is -0.444 e. The minimum atomic E-state index is -0.449. The molecule has 2 N–H and O–H groups in total. The van der Waals surface area contributed by atoms with Gasteiger partial charge in [0.15, 0.2) is 0 Å². The van der Waals surface area contributed by atoms with Crippen molar-refractivity contribution in [2.45, 2.75) is 58.6 Å². The van der Waals surface area contributed by atoms with Crippen molar-refractivity contribution in [1.29, 1.82) is 0 Å². The van der Waals surface area contributed by atoms with Crippen LogP contribution in [0.1, 0.15) is 56.0 Å². The molecule has 3 rings (SSSR count). The van der Waals surface area contributed by atoms with Gasteiger partial charge in [-0.25, -0.2) is 4.79 Å². The summed E-state index contributed by atoms with van der Waals surface area (Å²) in [6.45, 7) is 9.22. The molecule has 1 aromatic rings. The number of amides is 2. The standard InChI is InChI=1S/C21H31N3O3/c1-14-10-15(6-7-17(14)18(25)22-5)23-16-11-21(12-16)8-9-24(13-21)19(26)27-20(2,3)4/h6-7,10,16,23H,8-9,11-13H2,1-5H3,(H,22,25). The fourth-order valence-corrected chi connectivity index (χ4v) is 4.22. The third-order valence-electron chi connectivity index (χ3n) is 5.52. The van der Waals surface area contributed by atoms with E-state index in [9.17, 15) is 9.59 Å². The Labute approximate surface area is 161 Å². The number of rotatable bonds is 3. The largest absolute Gasteiger partial charge is 0.444 e. The minimum absolute atomic E-state index is 0.0603. The Balaban J connectivity index is 1.52. The molecule has 0 unspecified atom stereocenters. The lowest BCUT2D eigenvalue weighted by atomic mass is 9.65. The Morgan fingerprint density at radius 3 is 2.56 bits per heavy atom. The summed E-state index contributed by atoms with van der Waals surface area (Å²) in [5.74, 6) is -0.0603. The fraction of sp³-hybridized carbons (Fsp3) is 0.619. The lowest BCUT2D eigenvalue weighted by Gasteiger charge is -2.45. The van der Waals surface area contributed by atoms with Crippen LogP contribution >= 0.6 is 0 Å². The molecule has 2 fully saturated rings. The molecule has 0 radical (unpaired) electrons. The number of carbonyl (C=O) groups is 2. The van der Waals surface area contributed by atoms with Crippen molar-refractivity contribution in [2.75, 3.05) is 25.5 Å². The Morgan fingerprint density at radius 2 is 1.96 bits per heavy atom. The predicted octanol–water partition coefficient (Wildman–Crippen LogP) is 3.56. The van der Waals surface area contributed by atoms with Gasteiger partial charge in [0.1, 0.15) is 5.60 Å². The van der Waals surface area contributed by atoms with Gasteiger partial charge in [-0.3, -0.25) is 4.79 Å². The van der Waals surface area contributed by atoms with Crippen molar-refractivity contribution in [1.82, 2.24) is 10.2 Å². The van der Waals surface area contributed by atoms with Crippen molar-refractivity contribution in [2.24, 2.45) is 5.41 Å². The number of anilines is 1. The summed E-state index contributed by atoms with van der Waals surface area (Å²) in [5, 5.41) is 6.23. The number of likely N-dealkylation sites (tertiary alicyclic amines) is 1. The van der Waals surface area contributed by atoms with E-state index in [0.717, 1.165) is 43.6 Å². The molecule has 2 amide bonds. The van der Waals surface area contributed by atoms with E-state index in [2.05, 4.69) is 10.6 Å². The third kappa shape index (κ3) is 4.37. The molecule has 1 aliphatic heterocycles. The van der Waals surface area contributed by atoms with Crippen LogP contribution in [0.2, 0.25) is 0 Å². The lowest BCUT2D eigenvalue weighted by molar-refractivity contribution is 0.0237. The molecule has 1 heterocycles. The van der Waals surface area contributed by atoms with Crippen LogP contribution in [0, 0.1) is 12.3 Å². The Bertz CT molecular complexity index is 733. The summed E-state index contributed by atoms with van der Waals surface area (Å²) in [7, 11) is 1.64. The molecule has 0 bridgehead atoms. The molecule has 1 saturated carbocycles. The summed E-state index contributed by atoms with van der Waals surface area (Å²) in [6.07, 6.45) is 2.96. The molecule has 1 spiro atoms. The molecular weight excluding hydrogens is 342 g/mol. The maximum absolute atomic E-state index is 12.3. The number of nitrogens with zero attached hydrogens (tertiary/aromatic N) is 1. The Kier molecular flexibility index (Phi) is 5.10. The second-order valence-electron chi connectivity index (χ2n) is 9.01. The molecule has 1 saturated heterocycles. The number of hydrogen-bond donors (Lipinski definition) is 2. The average Bonchev–Trinajstić information content (AvgIpc) is 2.98. The third-order valence-corrected chi connectivity index (χ3v) is 5.52. The molecule has 27 heavy (non-hydrogen) atoms. The first-order valence-electron chi connectivity index (χ1n) is 9.68. The first kappa shape index (κ1) is 19.5. The van der Waals surface area contributed by atoms with Crippen LogP contribution in [0.4, 0.5) is 10.5 Å². The summed E-state index contributed by atoms with van der Waals surface area (Å²) in [6, 6.07) is 6.26. The average molecular weight is 373 g/mol. The SMILES string of the molecule is CNC(=O)c1ccc(NC2CC3(CCN(C(=O)OC(C)(C)C)C3)C2)cc1C. The van der Waals surface area contributed by atoms with Gasteiger partial charge in [-0.2, -0.15) is 0 Å². The zero-order chi connectivity index (χ0) is 19.8. The lowest BCUT2D eigenvalue weighted by Crippen LogP contribution is -2.47. The topological polar surface area (TPSA) is 70.7 Å². The van der Waals surface area contributed by atoms with Crippen LogP contribution in [0.5, 0.6) is 0 Å². The van der Waals surface area contributed by atoms with E-state index in [4.69, 9.17) is 4.74 Å². The van der Waals surface area contributed by atoms with Crippen LogP contribution in [0.15, 0.2) is 18.2 Å². The summed E-state index contributed by atoms with van der Waals surface area (Å²) >= 11 is 0. The molecule has 6 heteroatoms. The zero-order valence-corrected chi connectivity index (χ0v) is 17.0. The second-order valence-corrected chi connectivity index (χ2v) is 9.01. The summed E-state index contributed by atoms with van der Waals surface area (Å²) in [5.41, 5.74) is 2.49. The van der Waals surface area contributed by atoms with Gasteiger partial charge in [-0.15, -0.1) is 0 Å². The quantitative estimate of drug-likeness (QED) is 0.850. The molecular formula is C21H31N3O3.